The van der Waals surface area contributed by atoms with Crippen molar-refractivity contribution < 1.29 is 26.1 Å². The smallest absolute Gasteiger partial charge is 0.366 e. The fraction of sp³-hybridized carbons (Fsp3) is 0.429. The molecule has 0 aromatic heterocycles. The summed E-state index contributed by atoms with van der Waals surface area (Å²) >= 11 is 0. The Balaban J connectivity index is 1.94. The average molecular weight is 372 g/mol. The van der Waals surface area contributed by atoms with E-state index >= 15 is 0 Å². The van der Waals surface area contributed by atoms with Crippen LogP contribution in [0, 0.1) is 0 Å². The van der Waals surface area contributed by atoms with Crippen molar-refractivity contribution in [2.24, 2.45) is 0 Å². The first-order chi connectivity index (χ1) is 11.8. The highest BCUT2D eigenvalue weighted by atomic mass is 32.3. The van der Waals surface area contributed by atoms with E-state index in [0.717, 1.165) is 0 Å². The van der Waals surface area contributed by atoms with Crippen LogP contribution in [0.2, 0.25) is 0 Å². The van der Waals surface area contributed by atoms with Gasteiger partial charge in [-0.05, 0) is 12.1 Å². The summed E-state index contributed by atoms with van der Waals surface area (Å²) in [4.78, 5) is 26.3. The Morgan fingerprint density at radius 1 is 1.12 bits per heavy atom. The molecule has 0 aliphatic carbocycles. The standard InChI is InChI=1S/C14H17FN4O5S/c15-25(22,23)24-12-9-10(19-6-3-13(20)17-14(19)21)1-2-11(12)18-7-4-16-5-8-18/h1-2,9,16H,3-8H2,(H,17,20,21). The van der Waals surface area contributed by atoms with Crippen LogP contribution in [0.15, 0.2) is 18.2 Å². The van der Waals surface area contributed by atoms with E-state index in [1.54, 1.807) is 12.1 Å². The molecule has 25 heavy (non-hydrogen) atoms. The van der Waals surface area contributed by atoms with Crippen LogP contribution in [-0.2, 0) is 15.3 Å². The fourth-order valence-corrected chi connectivity index (χ4v) is 3.17. The predicted octanol–water partition coefficient (Wildman–Crippen LogP) is 0.136. The van der Waals surface area contributed by atoms with Gasteiger partial charge in [-0.3, -0.25) is 15.0 Å². The molecule has 2 N–H and O–H groups in total. The number of amides is 3. The monoisotopic (exact) mass is 372 g/mol. The lowest BCUT2D eigenvalue weighted by molar-refractivity contribution is -0.120. The van der Waals surface area contributed by atoms with Gasteiger partial charge in [-0.25, -0.2) is 4.79 Å². The molecular weight excluding hydrogens is 355 g/mol. The van der Waals surface area contributed by atoms with E-state index in [0.29, 0.717) is 37.6 Å². The molecule has 1 aromatic rings. The molecule has 1 aromatic carbocycles. The Morgan fingerprint density at radius 2 is 1.84 bits per heavy atom. The summed E-state index contributed by atoms with van der Waals surface area (Å²) in [5.74, 6) is -0.590. The number of rotatable bonds is 4. The number of carbonyl (C=O) groups excluding carboxylic acids is 2. The first-order valence-electron chi connectivity index (χ1n) is 7.68. The Hall–Kier alpha value is -2.40. The molecule has 0 unspecified atom stereocenters. The zero-order valence-electron chi connectivity index (χ0n) is 13.2. The Labute approximate surface area is 144 Å². The van der Waals surface area contributed by atoms with Crippen molar-refractivity contribution in [3.8, 4) is 5.75 Å². The SMILES string of the molecule is O=C1CCN(c2ccc(N3CCNCC3)c(OS(=O)(=O)F)c2)C(=O)N1. The van der Waals surface area contributed by atoms with E-state index in [2.05, 4.69) is 14.8 Å². The van der Waals surface area contributed by atoms with E-state index in [1.807, 2.05) is 4.90 Å². The summed E-state index contributed by atoms with van der Waals surface area (Å²) in [6, 6.07) is 3.83. The molecule has 0 radical (unpaired) electrons. The summed E-state index contributed by atoms with van der Waals surface area (Å²) in [6.07, 6.45) is 0.114. The number of nitrogens with one attached hydrogen (secondary N) is 2. The lowest BCUT2D eigenvalue weighted by Crippen LogP contribution is -2.49. The van der Waals surface area contributed by atoms with Gasteiger partial charge in [-0.1, -0.05) is 3.89 Å². The highest BCUT2D eigenvalue weighted by Crippen LogP contribution is 2.34. The third kappa shape index (κ3) is 4.17. The van der Waals surface area contributed by atoms with Gasteiger partial charge in [0.05, 0.1) is 5.69 Å². The Bertz CT molecular complexity index is 794. The van der Waals surface area contributed by atoms with Crippen LogP contribution in [0.3, 0.4) is 0 Å². The number of imide groups is 1. The number of carbonyl (C=O) groups is 2. The molecule has 2 aliphatic rings. The molecule has 9 nitrogen and oxygen atoms in total. The van der Waals surface area contributed by atoms with Gasteiger partial charge >= 0.3 is 16.5 Å². The summed E-state index contributed by atoms with van der Waals surface area (Å²) in [6.45, 7) is 2.72. The van der Waals surface area contributed by atoms with Crippen LogP contribution in [0.1, 0.15) is 6.42 Å². The van der Waals surface area contributed by atoms with Crippen molar-refractivity contribution in [2.45, 2.75) is 6.42 Å². The van der Waals surface area contributed by atoms with Gasteiger partial charge in [-0.15, -0.1) is 0 Å². The third-order valence-electron chi connectivity index (χ3n) is 3.96. The first kappa shape index (κ1) is 17.4. The maximum absolute atomic E-state index is 13.1. The van der Waals surface area contributed by atoms with Crippen LogP contribution < -0.4 is 24.6 Å². The molecule has 11 heteroatoms. The van der Waals surface area contributed by atoms with Crippen molar-refractivity contribution in [1.82, 2.24) is 10.6 Å². The lowest BCUT2D eigenvalue weighted by Gasteiger charge is -2.31. The minimum Gasteiger partial charge on any atom is -0.366 e. The van der Waals surface area contributed by atoms with Gasteiger partial charge in [0.25, 0.3) is 0 Å². The van der Waals surface area contributed by atoms with Gasteiger partial charge in [0.2, 0.25) is 5.91 Å². The topological polar surface area (TPSA) is 108 Å². The summed E-state index contributed by atoms with van der Waals surface area (Å²) in [5.41, 5.74) is 0.725. The van der Waals surface area contributed by atoms with Gasteiger partial charge in [0.1, 0.15) is 0 Å². The normalized spacial score (nSPS) is 18.9. The van der Waals surface area contributed by atoms with E-state index in [9.17, 15) is 21.9 Å². The first-order valence-corrected chi connectivity index (χ1v) is 8.99. The van der Waals surface area contributed by atoms with Crippen molar-refractivity contribution in [3.05, 3.63) is 18.2 Å². The van der Waals surface area contributed by atoms with Crippen LogP contribution in [-0.4, -0.2) is 53.1 Å². The number of benzene rings is 1. The van der Waals surface area contributed by atoms with Crippen molar-refractivity contribution >= 4 is 33.8 Å². The van der Waals surface area contributed by atoms with Crippen LogP contribution >= 0.6 is 0 Å². The molecule has 3 rings (SSSR count). The number of nitrogens with zero attached hydrogens (tertiary/aromatic N) is 2. The van der Waals surface area contributed by atoms with Crippen molar-refractivity contribution in [3.63, 3.8) is 0 Å². The minimum atomic E-state index is -5.22. The maximum atomic E-state index is 13.1. The predicted molar refractivity (Wildman–Crippen MR) is 87.7 cm³/mol. The Kier molecular flexibility index (Phi) is 4.77. The molecule has 0 bridgehead atoms. The third-order valence-corrected chi connectivity index (χ3v) is 4.33. The highest BCUT2D eigenvalue weighted by Gasteiger charge is 2.27. The zero-order valence-corrected chi connectivity index (χ0v) is 14.0. The van der Waals surface area contributed by atoms with E-state index in [-0.39, 0.29) is 24.6 Å². The number of piperazine rings is 1. The lowest BCUT2D eigenvalue weighted by atomic mass is 10.2. The molecule has 0 saturated carbocycles. The van der Waals surface area contributed by atoms with Crippen LogP contribution in [0.4, 0.5) is 20.1 Å². The molecule has 3 amide bonds. The molecule has 0 atom stereocenters. The molecule has 0 spiro atoms. The second-order valence-corrected chi connectivity index (χ2v) is 6.57. The zero-order chi connectivity index (χ0) is 18.0. The average Bonchev–Trinajstić information content (AvgIpc) is 2.54. The van der Waals surface area contributed by atoms with Gasteiger partial charge in [0, 0.05) is 50.9 Å². The van der Waals surface area contributed by atoms with Gasteiger partial charge in [-0.2, -0.15) is 8.42 Å². The van der Waals surface area contributed by atoms with Crippen LogP contribution in [0.5, 0.6) is 5.75 Å². The van der Waals surface area contributed by atoms with Gasteiger partial charge in [0.15, 0.2) is 5.75 Å². The summed E-state index contributed by atoms with van der Waals surface area (Å²) in [7, 11) is -5.22. The van der Waals surface area contributed by atoms with E-state index in [1.165, 1.54) is 11.0 Å². The molecule has 136 valence electrons. The fourth-order valence-electron chi connectivity index (χ4n) is 2.82. The Morgan fingerprint density at radius 3 is 2.48 bits per heavy atom. The number of hydrogen-bond acceptors (Lipinski definition) is 7. The van der Waals surface area contributed by atoms with E-state index < -0.39 is 16.5 Å². The van der Waals surface area contributed by atoms with Crippen LogP contribution in [0.25, 0.3) is 0 Å². The van der Waals surface area contributed by atoms with Crippen molar-refractivity contribution in [1.29, 1.82) is 0 Å². The van der Waals surface area contributed by atoms with E-state index in [4.69, 9.17) is 0 Å². The summed E-state index contributed by atoms with van der Waals surface area (Å²) in [5, 5.41) is 5.33. The second kappa shape index (κ2) is 6.84. The highest BCUT2D eigenvalue weighted by molar-refractivity contribution is 7.81. The molecule has 2 saturated heterocycles. The number of anilines is 2. The van der Waals surface area contributed by atoms with Gasteiger partial charge < -0.3 is 14.4 Å². The van der Waals surface area contributed by atoms with Crippen molar-refractivity contribution in [2.75, 3.05) is 42.5 Å². The molecule has 2 fully saturated rings. The summed E-state index contributed by atoms with van der Waals surface area (Å²) < 4.78 is 39.5. The number of urea groups is 1. The maximum Gasteiger partial charge on any atom is 0.488 e. The number of halogens is 1. The second-order valence-electron chi connectivity index (χ2n) is 5.62. The quantitative estimate of drug-likeness (QED) is 0.724. The number of hydrogen-bond donors (Lipinski definition) is 2. The molecular formula is C14H17FN4O5S. The minimum absolute atomic E-state index is 0.114. The molecule has 2 heterocycles. The molecule has 2 aliphatic heterocycles. The largest absolute Gasteiger partial charge is 0.488 e.